The minimum absolute atomic E-state index is 0.0677. The van der Waals surface area contributed by atoms with Crippen molar-refractivity contribution in [3.05, 3.63) is 30.1 Å². The first-order valence-corrected chi connectivity index (χ1v) is 11.2. The van der Waals surface area contributed by atoms with Gasteiger partial charge in [-0.05, 0) is 62.3 Å². The lowest BCUT2D eigenvalue weighted by Gasteiger charge is -2.28. The van der Waals surface area contributed by atoms with E-state index in [1.54, 1.807) is 10.7 Å². The van der Waals surface area contributed by atoms with Crippen molar-refractivity contribution < 1.29 is 13.5 Å². The number of aromatic nitrogens is 3. The highest BCUT2D eigenvalue weighted by Crippen LogP contribution is 2.36. The lowest BCUT2D eigenvalue weighted by atomic mass is 9.87. The van der Waals surface area contributed by atoms with Crippen LogP contribution in [0.4, 0.5) is 14.7 Å². The van der Waals surface area contributed by atoms with Gasteiger partial charge in [0.1, 0.15) is 0 Å². The molecule has 0 aliphatic heterocycles. The largest absolute Gasteiger partial charge is 0.489 e. The number of anilines is 1. The van der Waals surface area contributed by atoms with Crippen LogP contribution in [0.25, 0.3) is 5.65 Å². The van der Waals surface area contributed by atoms with Gasteiger partial charge in [-0.3, -0.25) is 10.1 Å². The number of alkyl halides is 2. The number of hydrogen-bond donors (Lipinski definition) is 3. The molecule has 0 aromatic carbocycles. The monoisotopic (exact) mass is 453 g/mol. The molecule has 0 saturated heterocycles. The van der Waals surface area contributed by atoms with Crippen LogP contribution in [0.1, 0.15) is 39.5 Å². The minimum atomic E-state index is -2.53. The number of rotatable bonds is 8. The summed E-state index contributed by atoms with van der Waals surface area (Å²) in [6, 6.07) is 3.64. The van der Waals surface area contributed by atoms with E-state index < -0.39 is 5.92 Å². The number of halogens is 2. The van der Waals surface area contributed by atoms with Crippen LogP contribution >= 0.6 is 11.9 Å². The Morgan fingerprint density at radius 3 is 2.94 bits per heavy atom. The highest BCUT2D eigenvalue weighted by atomic mass is 32.2. The van der Waals surface area contributed by atoms with Crippen molar-refractivity contribution in [2.75, 3.05) is 25.0 Å². The lowest BCUT2D eigenvalue weighted by Crippen LogP contribution is -2.27. The third-order valence-corrected chi connectivity index (χ3v) is 5.49. The molecule has 0 bridgehead atoms. The molecular weight excluding hydrogens is 424 g/mol. The molecule has 0 spiro atoms. The fourth-order valence-electron chi connectivity index (χ4n) is 3.26. The average Bonchev–Trinajstić information content (AvgIpc) is 3.18. The number of nitrogens with zero attached hydrogens (tertiary/aromatic N) is 4. The molecule has 3 rings (SSSR count). The Morgan fingerprint density at radius 2 is 2.23 bits per heavy atom. The van der Waals surface area contributed by atoms with Gasteiger partial charge in [0.05, 0.1) is 6.61 Å². The van der Waals surface area contributed by atoms with E-state index in [1.807, 2.05) is 32.2 Å². The van der Waals surface area contributed by atoms with Crippen LogP contribution in [-0.4, -0.2) is 45.4 Å². The second kappa shape index (κ2) is 10.8. The first kappa shape index (κ1) is 23.3. The number of ether oxygens (including phenoxy) is 1. The average molecular weight is 454 g/mol. The van der Waals surface area contributed by atoms with Crippen molar-refractivity contribution in [2.24, 2.45) is 16.0 Å². The maximum Gasteiger partial charge on any atom is 0.248 e. The molecule has 1 aliphatic rings. The Labute approximate surface area is 184 Å². The summed E-state index contributed by atoms with van der Waals surface area (Å²) in [7, 11) is 0. The zero-order valence-electron chi connectivity index (χ0n) is 17.8. The van der Waals surface area contributed by atoms with Crippen LogP contribution in [0.3, 0.4) is 0 Å². The van der Waals surface area contributed by atoms with Crippen molar-refractivity contribution in [3.63, 3.8) is 0 Å². The van der Waals surface area contributed by atoms with Crippen molar-refractivity contribution in [2.45, 2.75) is 45.5 Å². The van der Waals surface area contributed by atoms with E-state index in [2.05, 4.69) is 25.7 Å². The van der Waals surface area contributed by atoms with Gasteiger partial charge in [-0.1, -0.05) is 0 Å². The lowest BCUT2D eigenvalue weighted by molar-refractivity contribution is -0.0498. The Morgan fingerprint density at radius 1 is 1.45 bits per heavy atom. The Hall–Kier alpha value is -2.40. The third kappa shape index (κ3) is 6.79. The van der Waals surface area contributed by atoms with E-state index in [1.165, 1.54) is 0 Å². The van der Waals surface area contributed by atoms with Gasteiger partial charge in [0.15, 0.2) is 16.6 Å². The minimum Gasteiger partial charge on any atom is -0.489 e. The normalized spacial score (nSPS) is 17.7. The highest BCUT2D eigenvalue weighted by Gasteiger charge is 2.35. The molecule has 1 fully saturated rings. The molecule has 2 heterocycles. The van der Waals surface area contributed by atoms with Crippen LogP contribution < -0.4 is 20.5 Å². The second-order valence-corrected chi connectivity index (χ2v) is 8.19. The first-order valence-electron chi connectivity index (χ1n) is 10.3. The van der Waals surface area contributed by atoms with Crippen molar-refractivity contribution in [1.29, 1.82) is 0 Å². The fourth-order valence-corrected chi connectivity index (χ4v) is 3.59. The number of nitrogens with two attached hydrogens (primary N) is 1. The summed E-state index contributed by atoms with van der Waals surface area (Å²) in [4.78, 5) is 8.74. The molecule has 4 N–H and O–H groups in total. The molecule has 11 heteroatoms. The van der Waals surface area contributed by atoms with E-state index in [4.69, 9.17) is 9.88 Å². The standard InChI is InChI=1S/C20H29F2N7OS/c1-3-24-19(31-23)26-12-14(2)11-25-18-27-17-16(5-4-10-29(17)28-18)30-13-15-6-8-20(21,22)9-7-15/h4-5,10,12,15H,3,6-9,11,13,23H2,1-2H3,(H,24,26)(H,25,28)/b14-12+. The zero-order chi connectivity index (χ0) is 22.3. The summed E-state index contributed by atoms with van der Waals surface area (Å²) in [5.41, 5.74) is 1.60. The van der Waals surface area contributed by atoms with Gasteiger partial charge in [0.2, 0.25) is 11.9 Å². The topological polar surface area (TPSA) is 102 Å². The summed E-state index contributed by atoms with van der Waals surface area (Å²) < 4.78 is 34.2. The maximum atomic E-state index is 13.3. The molecule has 0 radical (unpaired) electrons. The second-order valence-electron chi connectivity index (χ2n) is 7.57. The van der Waals surface area contributed by atoms with Crippen LogP contribution in [-0.2, 0) is 0 Å². The summed E-state index contributed by atoms with van der Waals surface area (Å²) >= 11 is 1.07. The van der Waals surface area contributed by atoms with Gasteiger partial charge in [-0.2, -0.15) is 4.98 Å². The number of hydrogen-bond acceptors (Lipinski definition) is 7. The van der Waals surface area contributed by atoms with E-state index in [9.17, 15) is 8.78 Å². The molecule has 2 aromatic rings. The van der Waals surface area contributed by atoms with Crippen molar-refractivity contribution in [3.8, 4) is 5.75 Å². The number of fused-ring (bicyclic) bond motifs is 1. The van der Waals surface area contributed by atoms with E-state index in [0.717, 1.165) is 17.5 Å². The Kier molecular flexibility index (Phi) is 8.08. The summed E-state index contributed by atoms with van der Waals surface area (Å²) in [6.45, 7) is 5.49. The molecular formula is C20H29F2N7OS. The number of pyridine rings is 1. The smallest absolute Gasteiger partial charge is 0.248 e. The molecule has 8 nitrogen and oxygen atoms in total. The number of aliphatic imine (C=N–C) groups is 1. The van der Waals surface area contributed by atoms with Gasteiger partial charge in [0, 0.05) is 38.3 Å². The van der Waals surface area contributed by atoms with Crippen LogP contribution in [0.5, 0.6) is 5.75 Å². The van der Waals surface area contributed by atoms with Gasteiger partial charge >= 0.3 is 0 Å². The predicted molar refractivity (Wildman–Crippen MR) is 121 cm³/mol. The Balaban J connectivity index is 1.57. The quantitative estimate of drug-likeness (QED) is 0.317. The molecule has 0 amide bonds. The van der Waals surface area contributed by atoms with Crippen LogP contribution in [0.2, 0.25) is 0 Å². The molecule has 0 atom stereocenters. The molecule has 31 heavy (non-hydrogen) atoms. The summed E-state index contributed by atoms with van der Waals surface area (Å²) in [5, 5.41) is 16.9. The van der Waals surface area contributed by atoms with Gasteiger partial charge in [-0.25, -0.2) is 13.3 Å². The van der Waals surface area contributed by atoms with Gasteiger partial charge in [-0.15, -0.1) is 5.10 Å². The maximum absolute atomic E-state index is 13.3. The van der Waals surface area contributed by atoms with E-state index in [-0.39, 0.29) is 18.8 Å². The zero-order valence-corrected chi connectivity index (χ0v) is 18.6. The van der Waals surface area contributed by atoms with Gasteiger partial charge < -0.3 is 15.4 Å². The van der Waals surface area contributed by atoms with E-state index in [0.29, 0.717) is 55.1 Å². The van der Waals surface area contributed by atoms with Crippen molar-refractivity contribution >= 4 is 28.7 Å². The van der Waals surface area contributed by atoms with Crippen LogP contribution in [0, 0.1) is 5.92 Å². The third-order valence-electron chi connectivity index (χ3n) is 5.02. The van der Waals surface area contributed by atoms with Crippen molar-refractivity contribution in [1.82, 2.24) is 19.9 Å². The van der Waals surface area contributed by atoms with E-state index >= 15 is 0 Å². The first-order chi connectivity index (χ1) is 14.9. The van der Waals surface area contributed by atoms with Gasteiger partial charge in [0.25, 0.3) is 0 Å². The predicted octanol–water partition coefficient (Wildman–Crippen LogP) is 3.82. The number of amidine groups is 1. The number of nitrogens with one attached hydrogen (secondary N) is 2. The Bertz CT molecular complexity index is 921. The molecule has 1 aliphatic carbocycles. The highest BCUT2D eigenvalue weighted by molar-refractivity contribution is 8.11. The summed E-state index contributed by atoms with van der Waals surface area (Å²) in [5.74, 6) is -1.33. The molecule has 0 unspecified atom stereocenters. The molecule has 1 saturated carbocycles. The molecule has 170 valence electrons. The SMILES string of the molecule is CC/N=C(/N/C=C(\C)CNc1nc2c(OCC3CCC(F)(F)CC3)cccn2n1)SN. The summed E-state index contributed by atoms with van der Waals surface area (Å²) in [6.07, 6.45) is 4.44. The van der Waals surface area contributed by atoms with Crippen LogP contribution in [0.15, 0.2) is 35.1 Å². The molecule has 2 aromatic heterocycles. The fraction of sp³-hybridized carbons (Fsp3) is 0.550.